The van der Waals surface area contributed by atoms with Crippen molar-refractivity contribution < 1.29 is 4.74 Å². The number of aromatic nitrogens is 4. The summed E-state index contributed by atoms with van der Waals surface area (Å²) in [5.41, 5.74) is 1.36. The number of aryl methyl sites for hydroxylation is 1. The monoisotopic (exact) mass is 297 g/mol. The highest BCUT2D eigenvalue weighted by Crippen LogP contribution is 2.24. The minimum atomic E-state index is -0.119. The van der Waals surface area contributed by atoms with Gasteiger partial charge < -0.3 is 14.6 Å². The van der Waals surface area contributed by atoms with Crippen molar-refractivity contribution in [2.24, 2.45) is 0 Å². The Kier molecular flexibility index (Phi) is 4.45. The average Bonchev–Trinajstić information content (AvgIpc) is 2.70. The molecule has 2 aromatic rings. The molecule has 110 valence electrons. The Bertz CT molecular complexity index is 590. The molecule has 0 saturated heterocycles. The molecule has 0 bridgehead atoms. The molecule has 0 aliphatic carbocycles. The van der Waals surface area contributed by atoms with Crippen LogP contribution in [0.25, 0.3) is 11.2 Å². The van der Waals surface area contributed by atoms with E-state index >= 15 is 0 Å². The van der Waals surface area contributed by atoms with Crippen molar-refractivity contribution in [2.75, 3.05) is 19.0 Å². The van der Waals surface area contributed by atoms with Gasteiger partial charge in [0.15, 0.2) is 11.5 Å². The van der Waals surface area contributed by atoms with Crippen LogP contribution in [-0.2, 0) is 11.3 Å². The number of hydrogen-bond acceptors (Lipinski definition) is 5. The Morgan fingerprint density at radius 2 is 2.10 bits per heavy atom. The third-order valence-corrected chi connectivity index (χ3v) is 2.85. The van der Waals surface area contributed by atoms with Gasteiger partial charge in [-0.25, -0.2) is 4.98 Å². The third-order valence-electron chi connectivity index (χ3n) is 2.69. The van der Waals surface area contributed by atoms with Crippen molar-refractivity contribution >= 4 is 28.6 Å². The summed E-state index contributed by atoms with van der Waals surface area (Å²) in [5.74, 6) is 0.711. The number of fused-ring (bicyclic) bond motifs is 1. The summed E-state index contributed by atoms with van der Waals surface area (Å²) in [4.78, 5) is 12.8. The second kappa shape index (κ2) is 5.93. The van der Waals surface area contributed by atoms with E-state index in [-0.39, 0.29) is 10.8 Å². The van der Waals surface area contributed by atoms with Crippen LogP contribution in [0.2, 0.25) is 5.28 Å². The van der Waals surface area contributed by atoms with E-state index in [1.54, 1.807) is 13.4 Å². The van der Waals surface area contributed by atoms with Crippen molar-refractivity contribution in [1.82, 2.24) is 19.5 Å². The number of nitrogens with one attached hydrogen (secondary N) is 1. The quantitative estimate of drug-likeness (QED) is 0.679. The summed E-state index contributed by atoms with van der Waals surface area (Å²) in [6, 6.07) is 0. The first-order valence-corrected chi connectivity index (χ1v) is 6.94. The largest absolute Gasteiger partial charge is 0.385 e. The first-order valence-electron chi connectivity index (χ1n) is 6.56. The number of halogens is 1. The molecule has 0 aromatic carbocycles. The summed E-state index contributed by atoms with van der Waals surface area (Å²) in [6.45, 7) is 7.71. The first kappa shape index (κ1) is 15.0. The van der Waals surface area contributed by atoms with Crippen molar-refractivity contribution in [1.29, 1.82) is 0 Å². The molecule has 1 N–H and O–H groups in total. The number of nitrogens with zero attached hydrogens (tertiary/aromatic N) is 4. The second-order valence-corrected chi connectivity index (χ2v) is 6.01. The van der Waals surface area contributed by atoms with Crippen LogP contribution in [0, 0.1) is 0 Å². The Hall–Kier alpha value is -1.40. The van der Waals surface area contributed by atoms with Gasteiger partial charge in [0, 0.05) is 25.8 Å². The number of methoxy groups -OCH3 is 1. The van der Waals surface area contributed by atoms with Crippen LogP contribution in [-0.4, -0.2) is 38.8 Å². The SMILES string of the molecule is COCCCn1cnc2nc(Cl)nc(NC(C)(C)C)c21. The third kappa shape index (κ3) is 3.58. The molecule has 7 heteroatoms. The highest BCUT2D eigenvalue weighted by atomic mass is 35.5. The van der Waals surface area contributed by atoms with Crippen LogP contribution in [0.1, 0.15) is 27.2 Å². The van der Waals surface area contributed by atoms with Gasteiger partial charge in [0.25, 0.3) is 0 Å². The van der Waals surface area contributed by atoms with Crippen LogP contribution in [0.3, 0.4) is 0 Å². The van der Waals surface area contributed by atoms with Gasteiger partial charge in [-0.05, 0) is 38.8 Å². The van der Waals surface area contributed by atoms with E-state index in [0.29, 0.717) is 18.1 Å². The van der Waals surface area contributed by atoms with Gasteiger partial charge in [0.2, 0.25) is 5.28 Å². The molecule has 6 nitrogen and oxygen atoms in total. The van der Waals surface area contributed by atoms with E-state index < -0.39 is 0 Å². The van der Waals surface area contributed by atoms with Crippen LogP contribution >= 0.6 is 11.6 Å². The van der Waals surface area contributed by atoms with Crippen molar-refractivity contribution in [2.45, 2.75) is 39.3 Å². The van der Waals surface area contributed by atoms with Gasteiger partial charge in [-0.1, -0.05) is 0 Å². The lowest BCUT2D eigenvalue weighted by atomic mass is 10.1. The molecule has 0 amide bonds. The predicted molar refractivity (Wildman–Crippen MR) is 80.2 cm³/mol. The van der Waals surface area contributed by atoms with Crippen molar-refractivity contribution in [3.05, 3.63) is 11.6 Å². The number of rotatable bonds is 5. The van der Waals surface area contributed by atoms with E-state index in [0.717, 1.165) is 18.5 Å². The smallest absolute Gasteiger partial charge is 0.226 e. The number of ether oxygens (including phenoxy) is 1. The fraction of sp³-hybridized carbons (Fsp3) is 0.615. The topological polar surface area (TPSA) is 64.9 Å². The van der Waals surface area contributed by atoms with Gasteiger partial charge in [-0.3, -0.25) is 0 Å². The van der Waals surface area contributed by atoms with Gasteiger partial charge in [0.1, 0.15) is 5.52 Å². The molecule has 0 atom stereocenters. The average molecular weight is 298 g/mol. The van der Waals surface area contributed by atoms with Gasteiger partial charge in [-0.2, -0.15) is 9.97 Å². The molecule has 0 fully saturated rings. The molecule has 0 aliphatic heterocycles. The minimum absolute atomic E-state index is 0.119. The zero-order valence-corrected chi connectivity index (χ0v) is 13.0. The Labute approximate surface area is 123 Å². The number of hydrogen-bond donors (Lipinski definition) is 1. The molecule has 0 unspecified atom stereocenters. The van der Waals surface area contributed by atoms with E-state index in [1.165, 1.54) is 0 Å². The Morgan fingerprint density at radius 1 is 1.35 bits per heavy atom. The highest BCUT2D eigenvalue weighted by Gasteiger charge is 2.17. The number of imidazole rings is 1. The van der Waals surface area contributed by atoms with E-state index in [4.69, 9.17) is 16.3 Å². The summed E-state index contributed by atoms with van der Waals surface area (Å²) in [6.07, 6.45) is 2.67. The van der Waals surface area contributed by atoms with Crippen LogP contribution in [0.15, 0.2) is 6.33 Å². The molecular formula is C13H20ClN5O. The van der Waals surface area contributed by atoms with Crippen LogP contribution in [0.4, 0.5) is 5.82 Å². The van der Waals surface area contributed by atoms with Crippen LogP contribution < -0.4 is 5.32 Å². The molecule has 20 heavy (non-hydrogen) atoms. The molecular weight excluding hydrogens is 278 g/mol. The maximum atomic E-state index is 5.96. The zero-order chi connectivity index (χ0) is 14.8. The zero-order valence-electron chi connectivity index (χ0n) is 12.3. The fourth-order valence-corrected chi connectivity index (χ4v) is 2.11. The second-order valence-electron chi connectivity index (χ2n) is 5.67. The van der Waals surface area contributed by atoms with Gasteiger partial charge in [0.05, 0.1) is 6.33 Å². The predicted octanol–water partition coefficient (Wildman–Crippen LogP) is 2.73. The Balaban J connectivity index is 2.40. The summed E-state index contributed by atoms with van der Waals surface area (Å²) in [5, 5.41) is 3.55. The first-order chi connectivity index (χ1) is 9.40. The molecule has 0 aliphatic rings. The highest BCUT2D eigenvalue weighted by molar-refractivity contribution is 6.28. The lowest BCUT2D eigenvalue weighted by Gasteiger charge is -2.22. The lowest BCUT2D eigenvalue weighted by Crippen LogP contribution is -2.27. The normalized spacial score (nSPS) is 12.1. The molecule has 0 saturated carbocycles. The fourth-order valence-electron chi connectivity index (χ4n) is 1.94. The van der Waals surface area contributed by atoms with E-state index in [1.807, 2.05) is 4.57 Å². The molecule has 0 spiro atoms. The van der Waals surface area contributed by atoms with E-state index in [9.17, 15) is 0 Å². The molecule has 2 heterocycles. The van der Waals surface area contributed by atoms with E-state index in [2.05, 4.69) is 41.0 Å². The minimum Gasteiger partial charge on any atom is -0.385 e. The van der Waals surface area contributed by atoms with Crippen LogP contribution in [0.5, 0.6) is 0 Å². The van der Waals surface area contributed by atoms with Gasteiger partial charge in [-0.15, -0.1) is 0 Å². The molecule has 0 radical (unpaired) electrons. The summed E-state index contributed by atoms with van der Waals surface area (Å²) < 4.78 is 7.11. The summed E-state index contributed by atoms with van der Waals surface area (Å²) in [7, 11) is 1.70. The van der Waals surface area contributed by atoms with Crippen molar-refractivity contribution in [3.8, 4) is 0 Å². The Morgan fingerprint density at radius 3 is 2.75 bits per heavy atom. The number of anilines is 1. The van der Waals surface area contributed by atoms with Gasteiger partial charge >= 0.3 is 0 Å². The standard InChI is InChI=1S/C13H20ClN5O/c1-13(2,3)18-11-9-10(16-12(14)17-11)15-8-19(9)6-5-7-20-4/h8H,5-7H2,1-4H3,(H,16,17,18). The summed E-state index contributed by atoms with van der Waals surface area (Å²) >= 11 is 5.96. The maximum Gasteiger partial charge on any atom is 0.226 e. The van der Waals surface area contributed by atoms with Crippen molar-refractivity contribution in [3.63, 3.8) is 0 Å². The lowest BCUT2D eigenvalue weighted by molar-refractivity contribution is 0.190. The molecule has 2 aromatic heterocycles. The maximum absolute atomic E-state index is 5.96. The molecule has 2 rings (SSSR count).